The molecule has 0 atom stereocenters. The van der Waals surface area contributed by atoms with E-state index in [-0.39, 0.29) is 0 Å². The molecule has 9 heavy (non-hydrogen) atoms. The summed E-state index contributed by atoms with van der Waals surface area (Å²) in [7, 11) is 5.90. The Bertz CT molecular complexity index is 129. The van der Waals surface area contributed by atoms with Gasteiger partial charge in [0.05, 0.1) is 0 Å². The maximum Gasteiger partial charge on any atom is 0.211 e. The molecule has 1 rings (SSSR count). The Morgan fingerprint density at radius 3 is 2.56 bits per heavy atom. The third-order valence-electron chi connectivity index (χ3n) is 1.23. The van der Waals surface area contributed by atoms with E-state index in [0.29, 0.717) is 6.67 Å². The first-order chi connectivity index (χ1) is 4.22. The molecular formula is C5H12N4. The van der Waals surface area contributed by atoms with Crippen LogP contribution in [0, 0.1) is 0 Å². The zero-order valence-corrected chi connectivity index (χ0v) is 6.05. The molecule has 1 N–H and O–H groups in total. The van der Waals surface area contributed by atoms with Crippen LogP contribution in [0.1, 0.15) is 0 Å². The molecular weight excluding hydrogens is 116 g/mol. The highest BCUT2D eigenvalue weighted by molar-refractivity contribution is 5.79. The lowest BCUT2D eigenvalue weighted by atomic mass is 10.8. The largest absolute Gasteiger partial charge is 0.348 e. The Morgan fingerprint density at radius 2 is 2.33 bits per heavy atom. The summed E-state index contributed by atoms with van der Waals surface area (Å²) in [6.07, 6.45) is 0. The summed E-state index contributed by atoms with van der Waals surface area (Å²) in [5.74, 6) is 0.981. The van der Waals surface area contributed by atoms with E-state index in [1.807, 2.05) is 31.1 Å². The van der Waals surface area contributed by atoms with E-state index >= 15 is 0 Å². The molecule has 0 aromatic rings. The number of rotatable bonds is 0. The van der Waals surface area contributed by atoms with Crippen molar-refractivity contribution in [1.82, 2.24) is 15.3 Å². The Labute approximate surface area is 55.1 Å². The van der Waals surface area contributed by atoms with Crippen molar-refractivity contribution in [1.29, 1.82) is 0 Å². The number of hydrogen-bond acceptors (Lipinski definition) is 4. The van der Waals surface area contributed by atoms with Crippen molar-refractivity contribution in [2.45, 2.75) is 0 Å². The zero-order valence-electron chi connectivity index (χ0n) is 6.05. The van der Waals surface area contributed by atoms with E-state index in [9.17, 15) is 0 Å². The van der Waals surface area contributed by atoms with Gasteiger partial charge in [-0.3, -0.25) is 5.01 Å². The first kappa shape index (κ1) is 6.35. The topological polar surface area (TPSA) is 30.9 Å². The minimum Gasteiger partial charge on any atom is -0.348 e. The van der Waals surface area contributed by atoms with Crippen LogP contribution in [0.25, 0.3) is 0 Å². The van der Waals surface area contributed by atoms with Crippen LogP contribution in [0.3, 0.4) is 0 Å². The molecule has 0 aliphatic carbocycles. The summed E-state index contributed by atoms with van der Waals surface area (Å²) in [4.78, 5) is 6.15. The highest BCUT2D eigenvalue weighted by atomic mass is 15.6. The fraction of sp³-hybridized carbons (Fsp3) is 0.800. The quantitative estimate of drug-likeness (QED) is 0.468. The standard InChI is InChI=1S/C5H12N4/c1-8(2)5-6-4-7-9(5)3/h7H,4H2,1-3H3. The average molecular weight is 128 g/mol. The lowest BCUT2D eigenvalue weighted by Gasteiger charge is -2.19. The van der Waals surface area contributed by atoms with E-state index in [2.05, 4.69) is 10.4 Å². The van der Waals surface area contributed by atoms with Crippen molar-refractivity contribution < 1.29 is 0 Å². The number of hydrazine groups is 1. The number of guanidine groups is 1. The van der Waals surface area contributed by atoms with Crippen LogP contribution in [-0.2, 0) is 0 Å². The van der Waals surface area contributed by atoms with Crippen molar-refractivity contribution in [2.24, 2.45) is 4.99 Å². The molecule has 4 heteroatoms. The van der Waals surface area contributed by atoms with Gasteiger partial charge in [-0.25, -0.2) is 10.4 Å². The second-order valence-corrected chi connectivity index (χ2v) is 2.23. The molecule has 0 unspecified atom stereocenters. The lowest BCUT2D eigenvalue weighted by molar-refractivity contribution is 0.369. The molecule has 1 heterocycles. The van der Waals surface area contributed by atoms with Crippen LogP contribution >= 0.6 is 0 Å². The predicted molar refractivity (Wildman–Crippen MR) is 36.9 cm³/mol. The van der Waals surface area contributed by atoms with Crippen LogP contribution in [0.2, 0.25) is 0 Å². The van der Waals surface area contributed by atoms with Gasteiger partial charge in [0.1, 0.15) is 6.67 Å². The van der Waals surface area contributed by atoms with E-state index in [1.165, 1.54) is 0 Å². The number of hydrogen-bond donors (Lipinski definition) is 1. The van der Waals surface area contributed by atoms with E-state index in [0.717, 1.165) is 5.96 Å². The van der Waals surface area contributed by atoms with E-state index < -0.39 is 0 Å². The van der Waals surface area contributed by atoms with Gasteiger partial charge in [-0.2, -0.15) is 0 Å². The Kier molecular flexibility index (Phi) is 1.57. The van der Waals surface area contributed by atoms with Gasteiger partial charge in [-0.05, 0) is 0 Å². The van der Waals surface area contributed by atoms with Crippen LogP contribution in [0.15, 0.2) is 4.99 Å². The Hall–Kier alpha value is -0.770. The molecule has 1 aliphatic heterocycles. The van der Waals surface area contributed by atoms with Crippen LogP contribution < -0.4 is 5.43 Å². The first-order valence-corrected chi connectivity index (χ1v) is 2.91. The number of nitrogens with zero attached hydrogens (tertiary/aromatic N) is 3. The Morgan fingerprint density at radius 1 is 1.67 bits per heavy atom. The molecule has 0 bridgehead atoms. The van der Waals surface area contributed by atoms with Crippen molar-refractivity contribution in [3.05, 3.63) is 0 Å². The Balaban J connectivity index is 2.57. The summed E-state index contributed by atoms with van der Waals surface area (Å²) in [5.41, 5.74) is 3.04. The minimum atomic E-state index is 0.698. The molecule has 1 aliphatic rings. The second kappa shape index (κ2) is 2.23. The average Bonchev–Trinajstić information content (AvgIpc) is 2.13. The maximum atomic E-state index is 4.17. The summed E-state index contributed by atoms with van der Waals surface area (Å²) >= 11 is 0. The van der Waals surface area contributed by atoms with Crippen molar-refractivity contribution in [3.63, 3.8) is 0 Å². The third kappa shape index (κ3) is 1.13. The van der Waals surface area contributed by atoms with Gasteiger partial charge in [0.2, 0.25) is 5.96 Å². The summed E-state index contributed by atoms with van der Waals surface area (Å²) in [6, 6.07) is 0. The molecule has 0 aromatic heterocycles. The fourth-order valence-corrected chi connectivity index (χ4v) is 0.830. The molecule has 0 fully saturated rings. The van der Waals surface area contributed by atoms with Gasteiger partial charge in [0.15, 0.2) is 0 Å². The predicted octanol–water partition coefficient (Wildman–Crippen LogP) is -0.688. The van der Waals surface area contributed by atoms with Crippen LogP contribution in [0.4, 0.5) is 0 Å². The maximum absolute atomic E-state index is 4.17. The lowest BCUT2D eigenvalue weighted by Crippen LogP contribution is -2.40. The SMILES string of the molecule is CN(C)C1=NCNN1C. The van der Waals surface area contributed by atoms with Gasteiger partial charge >= 0.3 is 0 Å². The zero-order chi connectivity index (χ0) is 6.85. The van der Waals surface area contributed by atoms with Crippen molar-refractivity contribution >= 4 is 5.96 Å². The van der Waals surface area contributed by atoms with Gasteiger partial charge in [-0.1, -0.05) is 0 Å². The van der Waals surface area contributed by atoms with Crippen LogP contribution in [0.5, 0.6) is 0 Å². The molecule has 0 saturated carbocycles. The van der Waals surface area contributed by atoms with Gasteiger partial charge in [-0.15, -0.1) is 0 Å². The monoisotopic (exact) mass is 128 g/mol. The highest BCUT2D eigenvalue weighted by Crippen LogP contribution is 1.93. The molecule has 0 radical (unpaired) electrons. The molecule has 4 nitrogen and oxygen atoms in total. The molecule has 0 saturated heterocycles. The highest BCUT2D eigenvalue weighted by Gasteiger charge is 2.11. The first-order valence-electron chi connectivity index (χ1n) is 2.91. The summed E-state index contributed by atoms with van der Waals surface area (Å²) < 4.78 is 0. The molecule has 0 spiro atoms. The minimum absolute atomic E-state index is 0.698. The van der Waals surface area contributed by atoms with Gasteiger partial charge in [0, 0.05) is 21.1 Å². The summed E-state index contributed by atoms with van der Waals surface area (Å²) in [5, 5.41) is 1.90. The van der Waals surface area contributed by atoms with Crippen molar-refractivity contribution in [2.75, 3.05) is 27.8 Å². The smallest absolute Gasteiger partial charge is 0.211 e. The van der Waals surface area contributed by atoms with Gasteiger partial charge < -0.3 is 4.90 Å². The fourth-order valence-electron chi connectivity index (χ4n) is 0.830. The molecule has 0 amide bonds. The second-order valence-electron chi connectivity index (χ2n) is 2.23. The molecule has 52 valence electrons. The van der Waals surface area contributed by atoms with Crippen molar-refractivity contribution in [3.8, 4) is 0 Å². The molecule has 0 aromatic carbocycles. The van der Waals surface area contributed by atoms with Gasteiger partial charge in [0.25, 0.3) is 0 Å². The number of aliphatic imine (C=N–C) groups is 1. The van der Waals surface area contributed by atoms with E-state index in [1.54, 1.807) is 0 Å². The number of nitrogens with one attached hydrogen (secondary N) is 1. The third-order valence-corrected chi connectivity index (χ3v) is 1.23. The van der Waals surface area contributed by atoms with E-state index in [4.69, 9.17) is 0 Å². The van der Waals surface area contributed by atoms with Crippen LogP contribution in [-0.4, -0.2) is 43.7 Å². The summed E-state index contributed by atoms with van der Waals surface area (Å²) in [6.45, 7) is 0.698. The normalized spacial score (nSPS) is 18.1.